The van der Waals surface area contributed by atoms with Gasteiger partial charge in [0.15, 0.2) is 0 Å². The van der Waals surface area contributed by atoms with Crippen LogP contribution in [0.25, 0.3) is 0 Å². The fraction of sp³-hybridized carbons (Fsp3) is 0.632. The second-order valence-electron chi connectivity index (χ2n) is 6.90. The van der Waals surface area contributed by atoms with Crippen LogP contribution < -0.4 is 5.32 Å². The van der Waals surface area contributed by atoms with E-state index in [4.69, 9.17) is 0 Å². The largest absolute Gasteiger partial charge is 0.353 e. The molecular weight excluding hydrogens is 336 g/mol. The predicted octanol–water partition coefficient (Wildman–Crippen LogP) is 2.58. The first-order valence-electron chi connectivity index (χ1n) is 9.24. The molecule has 1 aromatic rings. The molecule has 0 aliphatic carbocycles. The molecule has 6 heteroatoms. The number of rotatable bonds is 8. The molecule has 5 nitrogen and oxygen atoms in total. The lowest BCUT2D eigenvalue weighted by atomic mass is 9.97. The normalized spacial score (nSPS) is 18.0. The molecule has 0 radical (unpaired) electrons. The fourth-order valence-corrected chi connectivity index (χ4v) is 4.63. The Bertz CT molecular complexity index is 638. The molecule has 25 heavy (non-hydrogen) atoms. The molecule has 1 saturated heterocycles. The van der Waals surface area contributed by atoms with E-state index < -0.39 is 10.0 Å². The maximum Gasteiger partial charge on any atom is 0.223 e. The molecule has 0 aromatic heterocycles. The molecule has 0 unspecified atom stereocenters. The third-order valence-corrected chi connectivity index (χ3v) is 6.89. The number of hydrogen-bond acceptors (Lipinski definition) is 3. The van der Waals surface area contributed by atoms with E-state index in [2.05, 4.69) is 5.32 Å². The molecule has 1 atom stereocenters. The molecule has 0 saturated carbocycles. The lowest BCUT2D eigenvalue weighted by molar-refractivity contribution is -0.126. The highest BCUT2D eigenvalue weighted by molar-refractivity contribution is 7.89. The first kappa shape index (κ1) is 19.9. The molecule has 1 aromatic carbocycles. The Balaban J connectivity index is 1.77. The summed E-state index contributed by atoms with van der Waals surface area (Å²) in [5.74, 6) is 0.172. The van der Waals surface area contributed by atoms with Crippen molar-refractivity contribution in [2.45, 2.75) is 52.0 Å². The summed E-state index contributed by atoms with van der Waals surface area (Å²) in [6, 6.07) is 10.1. The summed E-state index contributed by atoms with van der Waals surface area (Å²) in [5, 5.41) is 3.00. The Hall–Kier alpha value is -1.40. The Morgan fingerprint density at radius 1 is 1.24 bits per heavy atom. The molecule has 2 rings (SSSR count). The smallest absolute Gasteiger partial charge is 0.223 e. The predicted molar refractivity (Wildman–Crippen MR) is 101 cm³/mol. The molecule has 1 heterocycles. The van der Waals surface area contributed by atoms with Crippen LogP contribution >= 0.6 is 0 Å². The van der Waals surface area contributed by atoms with Crippen LogP contribution in [0.5, 0.6) is 0 Å². The third-order valence-electron chi connectivity index (χ3n) is 4.93. The Kier molecular flexibility index (Phi) is 7.44. The van der Waals surface area contributed by atoms with Crippen LogP contribution in [-0.2, 0) is 21.2 Å². The lowest BCUT2D eigenvalue weighted by Crippen LogP contribution is -2.45. The summed E-state index contributed by atoms with van der Waals surface area (Å²) in [7, 11) is -3.23. The quantitative estimate of drug-likeness (QED) is 0.769. The van der Waals surface area contributed by atoms with Gasteiger partial charge in [-0.2, -0.15) is 0 Å². The minimum absolute atomic E-state index is 0.0650. The Morgan fingerprint density at radius 2 is 1.88 bits per heavy atom. The maximum absolute atomic E-state index is 12.5. The average molecular weight is 367 g/mol. The molecule has 1 fully saturated rings. The average Bonchev–Trinajstić information content (AvgIpc) is 2.62. The number of benzene rings is 1. The summed E-state index contributed by atoms with van der Waals surface area (Å²) in [4.78, 5) is 12.2. The monoisotopic (exact) mass is 366 g/mol. The minimum atomic E-state index is -3.23. The second kappa shape index (κ2) is 9.34. The van der Waals surface area contributed by atoms with Gasteiger partial charge in [-0.25, -0.2) is 12.7 Å². The Labute approximate surface area is 151 Å². The van der Waals surface area contributed by atoms with Crippen molar-refractivity contribution >= 4 is 15.9 Å². The van der Waals surface area contributed by atoms with Crippen LogP contribution in [0.3, 0.4) is 0 Å². The first-order valence-corrected chi connectivity index (χ1v) is 10.9. The number of carbonyl (C=O) groups excluding carboxylic acids is 1. The first-order chi connectivity index (χ1) is 11.9. The summed E-state index contributed by atoms with van der Waals surface area (Å²) in [6.07, 6.45) is 3.52. The van der Waals surface area contributed by atoms with Gasteiger partial charge in [-0.1, -0.05) is 37.3 Å². The zero-order valence-corrected chi connectivity index (χ0v) is 16.1. The molecule has 1 aliphatic rings. The van der Waals surface area contributed by atoms with Gasteiger partial charge in [-0.15, -0.1) is 0 Å². The van der Waals surface area contributed by atoms with Gasteiger partial charge < -0.3 is 5.32 Å². The molecule has 1 aliphatic heterocycles. The molecule has 1 amide bonds. The summed E-state index contributed by atoms with van der Waals surface area (Å²) < 4.78 is 26.6. The molecule has 0 spiro atoms. The molecular formula is C19H30N2O3S. The SMILES string of the molecule is CC[C@@H](C)NC(=O)C1CCN(S(=O)(=O)CCCc2ccccc2)CC1. The Morgan fingerprint density at radius 3 is 2.48 bits per heavy atom. The van der Waals surface area contributed by atoms with Crippen molar-refractivity contribution in [2.24, 2.45) is 5.92 Å². The number of piperidine rings is 1. The minimum Gasteiger partial charge on any atom is -0.353 e. The van der Waals surface area contributed by atoms with Crippen molar-refractivity contribution in [3.8, 4) is 0 Å². The highest BCUT2D eigenvalue weighted by Gasteiger charge is 2.30. The number of nitrogens with one attached hydrogen (secondary N) is 1. The molecule has 1 N–H and O–H groups in total. The number of carbonyl (C=O) groups is 1. The van der Waals surface area contributed by atoms with Crippen molar-refractivity contribution in [3.05, 3.63) is 35.9 Å². The van der Waals surface area contributed by atoms with E-state index in [1.54, 1.807) is 4.31 Å². The topological polar surface area (TPSA) is 66.5 Å². The van der Waals surface area contributed by atoms with Crippen molar-refractivity contribution in [1.29, 1.82) is 0 Å². The van der Waals surface area contributed by atoms with Gasteiger partial charge in [-0.05, 0) is 44.6 Å². The third kappa shape index (κ3) is 6.12. The van der Waals surface area contributed by atoms with Gasteiger partial charge in [0.25, 0.3) is 0 Å². The van der Waals surface area contributed by atoms with Crippen molar-refractivity contribution in [2.75, 3.05) is 18.8 Å². The lowest BCUT2D eigenvalue weighted by Gasteiger charge is -2.31. The summed E-state index contributed by atoms with van der Waals surface area (Å²) in [6.45, 7) is 4.93. The highest BCUT2D eigenvalue weighted by atomic mass is 32.2. The van der Waals surface area contributed by atoms with Gasteiger partial charge in [-0.3, -0.25) is 4.79 Å². The molecule has 140 valence electrons. The van der Waals surface area contributed by atoms with Crippen LogP contribution in [0.2, 0.25) is 0 Å². The zero-order chi connectivity index (χ0) is 18.3. The van der Waals surface area contributed by atoms with Crippen LogP contribution in [0, 0.1) is 5.92 Å². The maximum atomic E-state index is 12.5. The summed E-state index contributed by atoms with van der Waals surface area (Å²) >= 11 is 0. The van der Waals surface area contributed by atoms with E-state index in [9.17, 15) is 13.2 Å². The highest BCUT2D eigenvalue weighted by Crippen LogP contribution is 2.21. The number of aryl methyl sites for hydroxylation is 1. The second-order valence-corrected chi connectivity index (χ2v) is 8.98. The van der Waals surface area contributed by atoms with E-state index in [0.717, 1.165) is 18.4 Å². The van der Waals surface area contributed by atoms with E-state index >= 15 is 0 Å². The van der Waals surface area contributed by atoms with Gasteiger partial charge in [0.2, 0.25) is 15.9 Å². The van der Waals surface area contributed by atoms with Gasteiger partial charge in [0, 0.05) is 25.0 Å². The molecule has 0 bridgehead atoms. The van der Waals surface area contributed by atoms with Gasteiger partial charge >= 0.3 is 0 Å². The fourth-order valence-electron chi connectivity index (χ4n) is 3.09. The number of hydrogen-bond donors (Lipinski definition) is 1. The van der Waals surface area contributed by atoms with Crippen molar-refractivity contribution < 1.29 is 13.2 Å². The number of amides is 1. The van der Waals surface area contributed by atoms with Crippen LogP contribution in [0.15, 0.2) is 30.3 Å². The van der Waals surface area contributed by atoms with Crippen LogP contribution in [0.4, 0.5) is 0 Å². The van der Waals surface area contributed by atoms with Crippen LogP contribution in [-0.4, -0.2) is 43.5 Å². The van der Waals surface area contributed by atoms with Crippen molar-refractivity contribution in [1.82, 2.24) is 9.62 Å². The van der Waals surface area contributed by atoms with E-state index in [1.165, 1.54) is 0 Å². The zero-order valence-electron chi connectivity index (χ0n) is 15.3. The van der Waals surface area contributed by atoms with Crippen molar-refractivity contribution in [3.63, 3.8) is 0 Å². The number of nitrogens with zero attached hydrogens (tertiary/aromatic N) is 1. The van der Waals surface area contributed by atoms with Gasteiger partial charge in [0.05, 0.1) is 5.75 Å². The number of sulfonamides is 1. The van der Waals surface area contributed by atoms with Gasteiger partial charge in [0.1, 0.15) is 0 Å². The summed E-state index contributed by atoms with van der Waals surface area (Å²) in [5.41, 5.74) is 1.16. The van der Waals surface area contributed by atoms with E-state index in [1.807, 2.05) is 44.2 Å². The van der Waals surface area contributed by atoms with Crippen LogP contribution in [0.1, 0.15) is 45.1 Å². The van der Waals surface area contributed by atoms with E-state index in [0.29, 0.717) is 32.4 Å². The standard InChI is InChI=1S/C19H30N2O3S/c1-3-16(2)20-19(22)18-11-13-21(14-12-18)25(23,24)15-7-10-17-8-5-4-6-9-17/h4-6,8-9,16,18H,3,7,10-15H2,1-2H3,(H,20,22)/t16-/m1/s1. The van der Waals surface area contributed by atoms with E-state index in [-0.39, 0.29) is 23.6 Å².